The molecule has 1 aliphatic rings. The number of rotatable bonds is 7. The normalized spacial score (nSPS) is 13.8. The second-order valence-electron chi connectivity index (χ2n) is 8.82. The minimum absolute atomic E-state index is 0.154. The zero-order valence-electron chi connectivity index (χ0n) is 17.8. The van der Waals surface area contributed by atoms with E-state index in [1.165, 1.54) is 34.4 Å². The highest BCUT2D eigenvalue weighted by molar-refractivity contribution is 5.96. The largest absolute Gasteiger partial charge is 0.344 e. The molecule has 152 valence electrons. The minimum atomic E-state index is -0.175. The van der Waals surface area contributed by atoms with Crippen LogP contribution >= 0.6 is 0 Å². The molecule has 0 amide bonds. The summed E-state index contributed by atoms with van der Waals surface area (Å²) in [6.07, 6.45) is 5.98. The summed E-state index contributed by atoms with van der Waals surface area (Å²) in [7, 11) is 0. The maximum absolute atomic E-state index is 13.0. The molecule has 0 atom stereocenters. The number of hydrogen-bond acceptors (Lipinski definition) is 2. The molecular formula is C26H31FN2. The molecule has 0 fully saturated rings. The van der Waals surface area contributed by atoms with Crippen LogP contribution < -0.4 is 5.32 Å². The molecule has 1 aliphatic heterocycles. The Morgan fingerprint density at radius 2 is 1.52 bits per heavy atom. The molecule has 0 aromatic heterocycles. The van der Waals surface area contributed by atoms with E-state index in [0.29, 0.717) is 0 Å². The predicted octanol–water partition coefficient (Wildman–Crippen LogP) is 6.03. The molecule has 0 aliphatic carbocycles. The number of aryl methyl sites for hydroxylation is 2. The van der Waals surface area contributed by atoms with Gasteiger partial charge in [0.15, 0.2) is 0 Å². The number of amidine groups is 1. The average molecular weight is 391 g/mol. The first-order chi connectivity index (χ1) is 13.8. The van der Waals surface area contributed by atoms with Gasteiger partial charge in [0, 0.05) is 12.1 Å². The molecule has 1 N–H and O–H groups in total. The van der Waals surface area contributed by atoms with Gasteiger partial charge in [0.2, 0.25) is 0 Å². The highest BCUT2D eigenvalue weighted by Gasteiger charge is 2.20. The summed E-state index contributed by atoms with van der Waals surface area (Å²) < 4.78 is 13.0. The van der Waals surface area contributed by atoms with Crippen molar-refractivity contribution in [3.63, 3.8) is 0 Å². The lowest BCUT2D eigenvalue weighted by atomic mass is 9.87. The van der Waals surface area contributed by atoms with Crippen LogP contribution in [-0.4, -0.2) is 12.4 Å². The van der Waals surface area contributed by atoms with Gasteiger partial charge in [0.25, 0.3) is 0 Å². The zero-order chi connectivity index (χ0) is 20.9. The van der Waals surface area contributed by atoms with Gasteiger partial charge in [-0.3, -0.25) is 4.99 Å². The summed E-state index contributed by atoms with van der Waals surface area (Å²) >= 11 is 0. The molecule has 0 saturated heterocycles. The zero-order valence-corrected chi connectivity index (χ0v) is 17.8. The summed E-state index contributed by atoms with van der Waals surface area (Å²) in [5, 5.41) is 3.35. The van der Waals surface area contributed by atoms with Gasteiger partial charge in [-0.2, -0.15) is 0 Å². The maximum Gasteiger partial charge on any atom is 0.125 e. The van der Waals surface area contributed by atoms with Gasteiger partial charge >= 0.3 is 0 Å². The van der Waals surface area contributed by atoms with Crippen LogP contribution in [0.1, 0.15) is 43.9 Å². The second kappa shape index (κ2) is 9.21. The SMILES string of the molecule is C=C(Cc1ccc(CCCc2ccc(F)cc2)cc1)NC1=NCC(C(C)(C)C)=C1. The second-order valence-corrected chi connectivity index (χ2v) is 8.82. The fraction of sp³-hybridized carbons (Fsp3) is 0.346. The molecular weight excluding hydrogens is 359 g/mol. The van der Waals surface area contributed by atoms with Crippen LogP contribution in [-0.2, 0) is 19.3 Å². The summed E-state index contributed by atoms with van der Waals surface area (Å²) in [6.45, 7) is 11.6. The van der Waals surface area contributed by atoms with Crippen molar-refractivity contribution >= 4 is 5.84 Å². The minimum Gasteiger partial charge on any atom is -0.344 e. The van der Waals surface area contributed by atoms with Gasteiger partial charge in [0.1, 0.15) is 11.7 Å². The molecule has 0 bridgehead atoms. The molecule has 29 heavy (non-hydrogen) atoms. The topological polar surface area (TPSA) is 24.4 Å². The van der Waals surface area contributed by atoms with Crippen molar-refractivity contribution in [2.75, 3.05) is 6.54 Å². The Bertz CT molecular complexity index is 897. The van der Waals surface area contributed by atoms with Crippen molar-refractivity contribution in [3.8, 4) is 0 Å². The van der Waals surface area contributed by atoms with E-state index in [-0.39, 0.29) is 11.2 Å². The third kappa shape index (κ3) is 6.42. The Balaban J connectivity index is 1.44. The van der Waals surface area contributed by atoms with Gasteiger partial charge in [-0.25, -0.2) is 4.39 Å². The van der Waals surface area contributed by atoms with Crippen molar-refractivity contribution in [3.05, 3.63) is 95.0 Å². The summed E-state index contributed by atoms with van der Waals surface area (Å²) in [5.74, 6) is 0.739. The fourth-order valence-corrected chi connectivity index (χ4v) is 3.40. The lowest BCUT2D eigenvalue weighted by molar-refractivity contribution is 0.499. The van der Waals surface area contributed by atoms with Crippen molar-refractivity contribution in [2.45, 2.75) is 46.5 Å². The third-order valence-corrected chi connectivity index (χ3v) is 5.28. The Hall–Kier alpha value is -2.68. The van der Waals surface area contributed by atoms with Crippen LogP contribution in [0.4, 0.5) is 4.39 Å². The van der Waals surface area contributed by atoms with E-state index < -0.39 is 0 Å². The molecule has 0 unspecified atom stereocenters. The number of halogens is 1. The molecule has 0 saturated carbocycles. The molecule has 3 heteroatoms. The van der Waals surface area contributed by atoms with E-state index in [9.17, 15) is 4.39 Å². The fourth-order valence-electron chi connectivity index (χ4n) is 3.40. The van der Waals surface area contributed by atoms with Crippen LogP contribution in [0, 0.1) is 11.2 Å². The van der Waals surface area contributed by atoms with Crippen molar-refractivity contribution in [1.29, 1.82) is 0 Å². The quantitative estimate of drug-likeness (QED) is 0.613. The molecule has 0 spiro atoms. The standard InChI is InChI=1S/C26H31FN2/c1-19(29-25-17-23(18-28-25)26(2,3)4)16-22-10-8-20(9-11-22)6-5-7-21-12-14-24(27)15-13-21/h8-15,17H,1,5-7,16,18H2,2-4H3,(H,28,29). The highest BCUT2D eigenvalue weighted by atomic mass is 19.1. The smallest absolute Gasteiger partial charge is 0.125 e. The molecule has 1 heterocycles. The van der Waals surface area contributed by atoms with E-state index in [2.05, 4.69) is 68.0 Å². The first kappa shape index (κ1) is 21.0. The summed E-state index contributed by atoms with van der Waals surface area (Å²) in [6, 6.07) is 15.5. The Kier molecular flexibility index (Phi) is 6.68. The van der Waals surface area contributed by atoms with Gasteiger partial charge in [-0.05, 0) is 65.1 Å². The number of allylic oxidation sites excluding steroid dienone is 1. The third-order valence-electron chi connectivity index (χ3n) is 5.28. The van der Waals surface area contributed by atoms with Crippen molar-refractivity contribution in [1.82, 2.24) is 5.32 Å². The first-order valence-corrected chi connectivity index (χ1v) is 10.3. The molecule has 2 nitrogen and oxygen atoms in total. The average Bonchev–Trinajstić information content (AvgIpc) is 3.13. The molecule has 2 aromatic carbocycles. The van der Waals surface area contributed by atoms with Crippen molar-refractivity contribution in [2.24, 2.45) is 10.4 Å². The lowest BCUT2D eigenvalue weighted by Gasteiger charge is -2.18. The van der Waals surface area contributed by atoms with Gasteiger partial charge in [-0.15, -0.1) is 0 Å². The summed E-state index contributed by atoms with van der Waals surface area (Å²) in [5.41, 5.74) is 6.21. The van der Waals surface area contributed by atoms with Crippen molar-refractivity contribution < 1.29 is 4.39 Å². The van der Waals surface area contributed by atoms with Gasteiger partial charge in [0.05, 0.1) is 6.54 Å². The summed E-state index contributed by atoms with van der Waals surface area (Å²) in [4.78, 5) is 4.57. The Labute approximate surface area is 174 Å². The van der Waals surface area contributed by atoms with E-state index in [1.807, 2.05) is 12.1 Å². The molecule has 2 aromatic rings. The number of nitrogens with one attached hydrogen (secondary N) is 1. The molecule has 0 radical (unpaired) electrons. The Morgan fingerprint density at radius 1 is 0.966 bits per heavy atom. The van der Waals surface area contributed by atoms with E-state index in [4.69, 9.17) is 0 Å². The van der Waals surface area contributed by atoms with E-state index in [1.54, 1.807) is 0 Å². The molecule has 3 rings (SSSR count). The Morgan fingerprint density at radius 3 is 2.07 bits per heavy atom. The number of nitrogens with zero attached hydrogens (tertiary/aromatic N) is 1. The van der Waals surface area contributed by atoms with Crippen LogP contribution in [0.5, 0.6) is 0 Å². The maximum atomic E-state index is 13.0. The highest BCUT2D eigenvalue weighted by Crippen LogP contribution is 2.27. The van der Waals surface area contributed by atoms with E-state index in [0.717, 1.165) is 43.8 Å². The van der Waals surface area contributed by atoms with Crippen LogP contribution in [0.15, 0.2) is 77.4 Å². The predicted molar refractivity (Wildman–Crippen MR) is 121 cm³/mol. The monoisotopic (exact) mass is 390 g/mol. The van der Waals surface area contributed by atoms with Crippen LogP contribution in [0.25, 0.3) is 0 Å². The van der Waals surface area contributed by atoms with Gasteiger partial charge < -0.3 is 5.32 Å². The lowest BCUT2D eigenvalue weighted by Crippen LogP contribution is -2.20. The first-order valence-electron chi connectivity index (χ1n) is 10.3. The van der Waals surface area contributed by atoms with Gasteiger partial charge in [-0.1, -0.05) is 63.7 Å². The van der Waals surface area contributed by atoms with Crippen LogP contribution in [0.2, 0.25) is 0 Å². The van der Waals surface area contributed by atoms with E-state index >= 15 is 0 Å². The number of benzene rings is 2. The number of aliphatic imine (C=N–C) groups is 1. The number of hydrogen-bond donors (Lipinski definition) is 1. The van der Waals surface area contributed by atoms with Crippen LogP contribution in [0.3, 0.4) is 0 Å².